The van der Waals surface area contributed by atoms with Gasteiger partial charge in [-0.25, -0.2) is 0 Å². The molecule has 0 aromatic heterocycles. The number of benzene rings is 4. The van der Waals surface area contributed by atoms with Crippen molar-refractivity contribution in [3.63, 3.8) is 0 Å². The van der Waals surface area contributed by atoms with Crippen LogP contribution in [0, 0.1) is 6.92 Å². The van der Waals surface area contributed by atoms with Crippen LogP contribution in [-0.2, 0) is 16.1 Å². The van der Waals surface area contributed by atoms with Crippen molar-refractivity contribution < 1.29 is 19.1 Å². The van der Waals surface area contributed by atoms with Crippen LogP contribution in [0.5, 0.6) is 0 Å². The molecule has 0 saturated heterocycles. The number of esters is 1. The summed E-state index contributed by atoms with van der Waals surface area (Å²) in [6.07, 6.45) is 0. The molecule has 36 heavy (non-hydrogen) atoms. The van der Waals surface area contributed by atoms with E-state index < -0.39 is 5.92 Å². The van der Waals surface area contributed by atoms with Crippen LogP contribution in [0.15, 0.2) is 97.1 Å². The molecule has 0 bridgehead atoms. The van der Waals surface area contributed by atoms with Crippen molar-refractivity contribution in [1.82, 2.24) is 4.90 Å². The lowest BCUT2D eigenvalue weighted by molar-refractivity contribution is -0.141. The minimum absolute atomic E-state index is 0.0912. The molecule has 4 aromatic rings. The minimum Gasteiger partial charge on any atom is -0.468 e. The number of nitrogens with zero attached hydrogens (tertiary/aromatic N) is 1. The molecule has 5 heteroatoms. The average Bonchev–Trinajstić information content (AvgIpc) is 3.14. The number of aryl methyl sites for hydroxylation is 1. The second-order valence-electron chi connectivity index (χ2n) is 8.86. The molecule has 1 aliphatic rings. The summed E-state index contributed by atoms with van der Waals surface area (Å²) < 4.78 is 5.24. The van der Waals surface area contributed by atoms with Crippen molar-refractivity contribution in [3.05, 3.63) is 130 Å². The number of carbonyl (C=O) groups is 3. The highest BCUT2D eigenvalue weighted by molar-refractivity contribution is 6.21. The smallest absolute Gasteiger partial charge is 0.317 e. The molecule has 5 rings (SSSR count). The van der Waals surface area contributed by atoms with E-state index in [-0.39, 0.29) is 24.3 Å². The van der Waals surface area contributed by atoms with Gasteiger partial charge in [-0.05, 0) is 46.9 Å². The van der Waals surface area contributed by atoms with E-state index in [0.29, 0.717) is 11.1 Å². The molecular weight excluding hydrogens is 450 g/mol. The molecule has 2 amide bonds. The fraction of sp³-hybridized carbons (Fsp3) is 0.129. The molecule has 178 valence electrons. The molecule has 0 N–H and O–H groups in total. The van der Waals surface area contributed by atoms with E-state index in [0.717, 1.165) is 33.4 Å². The normalized spacial score (nSPS) is 13.4. The highest BCUT2D eigenvalue weighted by Gasteiger charge is 2.36. The average molecular weight is 476 g/mol. The van der Waals surface area contributed by atoms with Crippen LogP contribution in [0.4, 0.5) is 0 Å². The van der Waals surface area contributed by atoms with Gasteiger partial charge in [0.1, 0.15) is 5.92 Å². The molecule has 0 saturated carbocycles. The van der Waals surface area contributed by atoms with Gasteiger partial charge in [0.05, 0.1) is 24.8 Å². The summed E-state index contributed by atoms with van der Waals surface area (Å²) in [5, 5.41) is 0. The number of methoxy groups -OCH3 is 1. The van der Waals surface area contributed by atoms with E-state index in [1.807, 2.05) is 79.7 Å². The molecule has 0 aliphatic carbocycles. The van der Waals surface area contributed by atoms with Crippen molar-refractivity contribution in [3.8, 4) is 11.1 Å². The molecule has 0 fully saturated rings. The Morgan fingerprint density at radius 1 is 0.806 bits per heavy atom. The number of carbonyl (C=O) groups excluding carboxylic acids is 3. The van der Waals surface area contributed by atoms with E-state index >= 15 is 0 Å². The summed E-state index contributed by atoms with van der Waals surface area (Å²) >= 11 is 0. The zero-order valence-electron chi connectivity index (χ0n) is 20.1. The Morgan fingerprint density at radius 3 is 1.94 bits per heavy atom. The van der Waals surface area contributed by atoms with E-state index in [9.17, 15) is 14.4 Å². The predicted molar refractivity (Wildman–Crippen MR) is 138 cm³/mol. The number of amides is 2. The fourth-order valence-electron chi connectivity index (χ4n) is 4.96. The summed E-state index contributed by atoms with van der Waals surface area (Å²) in [4.78, 5) is 40.8. The van der Waals surface area contributed by atoms with E-state index in [1.165, 1.54) is 12.0 Å². The van der Waals surface area contributed by atoms with Crippen molar-refractivity contribution >= 4 is 17.8 Å². The van der Waals surface area contributed by atoms with Gasteiger partial charge in [-0.15, -0.1) is 0 Å². The Kier molecular flexibility index (Phi) is 6.21. The highest BCUT2D eigenvalue weighted by Crippen LogP contribution is 2.39. The molecule has 1 aliphatic heterocycles. The number of imide groups is 1. The lowest BCUT2D eigenvalue weighted by atomic mass is 9.82. The maximum Gasteiger partial charge on any atom is 0.317 e. The Hall–Kier alpha value is -4.51. The van der Waals surface area contributed by atoms with Crippen molar-refractivity contribution in [2.75, 3.05) is 7.11 Å². The largest absolute Gasteiger partial charge is 0.468 e. The first-order chi connectivity index (χ1) is 17.5. The quantitative estimate of drug-likeness (QED) is 0.263. The monoisotopic (exact) mass is 475 g/mol. The van der Waals surface area contributed by atoms with Crippen LogP contribution in [0.25, 0.3) is 11.1 Å². The van der Waals surface area contributed by atoms with Crippen molar-refractivity contribution in [1.29, 1.82) is 0 Å². The van der Waals surface area contributed by atoms with E-state index in [1.54, 1.807) is 24.3 Å². The van der Waals surface area contributed by atoms with Crippen LogP contribution in [0.1, 0.15) is 48.9 Å². The van der Waals surface area contributed by atoms with Gasteiger partial charge in [0.25, 0.3) is 11.8 Å². The van der Waals surface area contributed by atoms with Gasteiger partial charge in [0.15, 0.2) is 0 Å². The van der Waals surface area contributed by atoms with Crippen LogP contribution < -0.4 is 0 Å². The van der Waals surface area contributed by atoms with Gasteiger partial charge in [0, 0.05) is 0 Å². The first kappa shape index (κ1) is 23.2. The SMILES string of the molecule is COC(=O)C(c1ccccc1)c1cc(C)cc(CN2C(=O)c3ccccc3C2=O)c1-c1ccccc1. The van der Waals surface area contributed by atoms with Crippen LogP contribution >= 0.6 is 0 Å². The third-order valence-corrected chi connectivity index (χ3v) is 6.54. The summed E-state index contributed by atoms with van der Waals surface area (Å²) in [7, 11) is 1.38. The third-order valence-electron chi connectivity index (χ3n) is 6.54. The zero-order chi connectivity index (χ0) is 25.2. The summed E-state index contributed by atoms with van der Waals surface area (Å²) in [5.74, 6) is -1.68. The van der Waals surface area contributed by atoms with Gasteiger partial charge in [0.2, 0.25) is 0 Å². The highest BCUT2D eigenvalue weighted by atomic mass is 16.5. The lowest BCUT2D eigenvalue weighted by Gasteiger charge is -2.24. The van der Waals surface area contributed by atoms with Gasteiger partial charge < -0.3 is 4.74 Å². The fourth-order valence-corrected chi connectivity index (χ4v) is 4.96. The van der Waals surface area contributed by atoms with Crippen LogP contribution in [-0.4, -0.2) is 29.8 Å². The summed E-state index contributed by atoms with van der Waals surface area (Å²) in [6.45, 7) is 2.04. The number of rotatable bonds is 6. The van der Waals surface area contributed by atoms with Gasteiger partial charge in [-0.1, -0.05) is 90.5 Å². The Labute approximate surface area is 210 Å². The lowest BCUT2D eigenvalue weighted by Crippen LogP contribution is -2.29. The van der Waals surface area contributed by atoms with Crippen molar-refractivity contribution in [2.24, 2.45) is 0 Å². The summed E-state index contributed by atoms with van der Waals surface area (Å²) in [6, 6.07) is 30.1. The molecule has 1 atom stereocenters. The Balaban J connectivity index is 1.70. The second kappa shape index (κ2) is 9.62. The maximum atomic E-state index is 13.2. The van der Waals surface area contributed by atoms with Gasteiger partial charge in [-0.3, -0.25) is 19.3 Å². The van der Waals surface area contributed by atoms with E-state index in [4.69, 9.17) is 4.74 Å². The summed E-state index contributed by atoms with van der Waals surface area (Å²) in [5.41, 5.74) is 5.81. The molecule has 1 heterocycles. The number of ether oxygens (including phenoxy) is 1. The van der Waals surface area contributed by atoms with Gasteiger partial charge >= 0.3 is 5.97 Å². The van der Waals surface area contributed by atoms with Crippen molar-refractivity contribution in [2.45, 2.75) is 19.4 Å². The van der Waals surface area contributed by atoms with Crippen LogP contribution in [0.3, 0.4) is 0 Å². The molecule has 0 radical (unpaired) electrons. The number of fused-ring (bicyclic) bond motifs is 1. The first-order valence-electron chi connectivity index (χ1n) is 11.8. The van der Waals surface area contributed by atoms with Crippen LogP contribution in [0.2, 0.25) is 0 Å². The third kappa shape index (κ3) is 4.09. The van der Waals surface area contributed by atoms with Gasteiger partial charge in [-0.2, -0.15) is 0 Å². The standard InChI is InChI=1S/C31H25NO4/c1-20-17-23(19-32-29(33)24-15-9-10-16-25(24)30(32)34)27(21-11-5-3-6-12-21)26(18-20)28(31(35)36-2)22-13-7-4-8-14-22/h3-18,28H,19H2,1-2H3. The first-order valence-corrected chi connectivity index (χ1v) is 11.8. The minimum atomic E-state index is -0.674. The topological polar surface area (TPSA) is 63.7 Å². The number of hydrogen-bond acceptors (Lipinski definition) is 4. The molecule has 4 aromatic carbocycles. The maximum absolute atomic E-state index is 13.2. The van der Waals surface area contributed by atoms with E-state index in [2.05, 4.69) is 0 Å². The molecule has 0 spiro atoms. The Morgan fingerprint density at radius 2 is 1.36 bits per heavy atom. The zero-order valence-corrected chi connectivity index (χ0v) is 20.1. The molecular formula is C31H25NO4. The predicted octanol–water partition coefficient (Wildman–Crippen LogP) is 5.76. The second-order valence-corrected chi connectivity index (χ2v) is 8.86. The number of hydrogen-bond donors (Lipinski definition) is 0. The molecule has 1 unspecified atom stereocenters. The molecule has 5 nitrogen and oxygen atoms in total. The Bertz CT molecular complexity index is 1430.